The largest absolute Gasteiger partial charge is 0.0622 e. The van der Waals surface area contributed by atoms with Crippen LogP contribution in [0, 0.1) is 0 Å². The molecule has 0 unspecified atom stereocenters. The summed E-state index contributed by atoms with van der Waals surface area (Å²) in [6, 6.07) is 131. The maximum atomic E-state index is 2.66. The first-order valence-corrected chi connectivity index (χ1v) is 53.1. The Labute approximate surface area is 869 Å². The maximum absolute atomic E-state index is 2.66. The van der Waals surface area contributed by atoms with Gasteiger partial charge < -0.3 is 0 Å². The third-order valence-electron chi connectivity index (χ3n) is 30.0. The molecule has 738 valence electrons. The van der Waals surface area contributed by atoms with Crippen molar-refractivity contribution in [1.29, 1.82) is 0 Å². The summed E-state index contributed by atoms with van der Waals surface area (Å²) < 4.78 is 0. The lowest BCUT2D eigenvalue weighted by molar-refractivity contribution is 0.568. The molecule has 0 saturated carbocycles. The van der Waals surface area contributed by atoms with Gasteiger partial charge in [0, 0.05) is 0 Å². The molecule has 0 heterocycles. The Kier molecular flexibility index (Phi) is 27.7. The van der Waals surface area contributed by atoms with E-state index >= 15 is 0 Å². The van der Waals surface area contributed by atoms with Crippen LogP contribution in [0.4, 0.5) is 0 Å². The zero-order valence-electron chi connectivity index (χ0n) is 94.2. The first-order chi connectivity index (χ1) is 67.0. The van der Waals surface area contributed by atoms with Crippen LogP contribution in [0.5, 0.6) is 0 Å². The molecule has 0 spiro atoms. The predicted molar refractivity (Wildman–Crippen MR) is 632 cm³/mol. The average Bonchev–Trinajstić information content (AvgIpc) is 0.725. The molecule has 16 rings (SSSR count). The van der Waals surface area contributed by atoms with Crippen LogP contribution in [0.2, 0.25) is 0 Å². The van der Waals surface area contributed by atoms with Crippen molar-refractivity contribution in [2.24, 2.45) is 0 Å². The molecule has 0 heteroatoms. The molecular weight excluding hydrogens is 1730 g/mol. The summed E-state index contributed by atoms with van der Waals surface area (Å²) in [6.07, 6.45) is 0. The van der Waals surface area contributed by atoms with Crippen molar-refractivity contribution >= 4 is 0 Å². The van der Waals surface area contributed by atoms with Gasteiger partial charge in [-0.15, -0.1) is 0 Å². The van der Waals surface area contributed by atoms with E-state index in [-0.39, 0.29) is 65.0 Å². The number of hydrogen-bond donors (Lipinski definition) is 0. The van der Waals surface area contributed by atoms with Gasteiger partial charge in [0.25, 0.3) is 0 Å². The summed E-state index contributed by atoms with van der Waals surface area (Å²) in [7, 11) is 0. The average molecular weight is 1890 g/mol. The molecule has 0 saturated heterocycles. The lowest BCUT2D eigenvalue weighted by Crippen LogP contribution is -2.17. The van der Waals surface area contributed by atoms with Crippen molar-refractivity contribution in [3.63, 3.8) is 0 Å². The number of benzene rings is 16. The van der Waals surface area contributed by atoms with Crippen molar-refractivity contribution < 1.29 is 0 Å². The van der Waals surface area contributed by atoms with Gasteiger partial charge in [-0.05, 0) is 335 Å². The van der Waals surface area contributed by atoms with Crippen LogP contribution in [0.15, 0.2) is 328 Å². The van der Waals surface area contributed by atoms with Crippen LogP contribution >= 0.6 is 0 Å². The Morgan fingerprint density at radius 3 is 0.333 bits per heavy atom. The van der Waals surface area contributed by atoms with Crippen molar-refractivity contribution in [3.05, 3.63) is 394 Å². The van der Waals surface area contributed by atoms with Crippen molar-refractivity contribution in [1.82, 2.24) is 0 Å². The Bertz CT molecular complexity index is 6540. The van der Waals surface area contributed by atoms with Gasteiger partial charge in [-0.2, -0.15) is 0 Å². The van der Waals surface area contributed by atoms with E-state index in [0.717, 1.165) is 100 Å². The summed E-state index contributed by atoms with van der Waals surface area (Å²) >= 11 is 0. The van der Waals surface area contributed by atoms with E-state index in [1.807, 2.05) is 0 Å². The monoisotopic (exact) mass is 1890 g/mol. The van der Waals surface area contributed by atoms with Gasteiger partial charge in [-0.3, -0.25) is 0 Å². The van der Waals surface area contributed by atoms with E-state index < -0.39 is 0 Å². The van der Waals surface area contributed by atoms with Crippen LogP contribution in [0.3, 0.4) is 0 Å². The van der Waals surface area contributed by atoms with E-state index in [1.165, 1.54) is 134 Å². The fraction of sp³-hybridized carbons (Fsp3) is 0.333. The highest BCUT2D eigenvalue weighted by Crippen LogP contribution is 2.60. The summed E-state index contributed by atoms with van der Waals surface area (Å²) in [5, 5.41) is 0. The summed E-state index contributed by atoms with van der Waals surface area (Å²) in [4.78, 5) is 0. The smallest absolute Gasteiger partial charge is 0.00141 e. The Hall–Kier alpha value is -12.5. The summed E-state index contributed by atoms with van der Waals surface area (Å²) in [6.45, 7) is 86.4. The molecule has 0 N–H and O–H groups in total. The first kappa shape index (κ1) is 104. The molecule has 0 aromatic heterocycles. The van der Waals surface area contributed by atoms with Gasteiger partial charge in [0.2, 0.25) is 0 Å². The lowest BCUT2D eigenvalue weighted by atomic mass is 9.72. The molecule has 16 aromatic rings. The first-order valence-electron chi connectivity index (χ1n) is 53.1. The molecule has 0 bridgehead atoms. The normalized spacial score (nSPS) is 13.0. The van der Waals surface area contributed by atoms with Crippen molar-refractivity contribution in [2.45, 2.75) is 314 Å². The lowest BCUT2D eigenvalue weighted by Gasteiger charge is -2.31. The van der Waals surface area contributed by atoms with Crippen LogP contribution in [-0.2, 0) is 65.0 Å². The standard InChI is InChI=1S/C144H162/c1-133(2,3)106-70-100(71-107(82-106)134(4,5)6)127-118(91-55-43-37-44-56-91)88-121(124(94-61-49-40-50-62-94)130(127)103-76-112(139(19,20)21)85-113(77-103)140(22,23)24)97-67-98(122-89-119(92-57-45-38-46-58-92)128(101-72-108(135(7,8)9)83-109(73-101)136(10,11)12)131(125(122)95-63-51-41-52-64-95)104-78-114(141(25,26)27)86-115(79-104)142(28,29)30)69-99(68-97)123-90-120(93-59-47-39-48-60-93)129(102-74-110(137(13,14)15)84-111(75-102)138(16,17)18)132(126(123)96-65-53-42-54-66-96)105-80-116(143(31,32)33)87-117(81-105)144(34,35)36/h37-90H,1-36H3. The molecule has 16 aromatic carbocycles. The molecule has 0 aliphatic heterocycles. The molecule has 0 aliphatic carbocycles. The molecule has 0 radical (unpaired) electrons. The van der Waals surface area contributed by atoms with Crippen molar-refractivity contribution in [2.75, 3.05) is 0 Å². The topological polar surface area (TPSA) is 0 Å². The Balaban J connectivity index is 1.27. The van der Waals surface area contributed by atoms with Gasteiger partial charge in [0.15, 0.2) is 0 Å². The van der Waals surface area contributed by atoms with E-state index in [2.05, 4.69) is 577 Å². The second-order valence-electron chi connectivity index (χ2n) is 54.1. The SMILES string of the molecule is CC(C)(C)c1cc(-c2c(-c3ccccc3)cc(-c3cc(-c4cc(-c5ccccc5)c(-c5cc(C(C)(C)C)cc(C(C)(C)C)c5)c(-c5cc(C(C)(C)C)cc(C(C)(C)C)c5)c4-c4ccccc4)cc(-c4cc(-c5ccccc5)c(-c5cc(C(C)(C)C)cc(C(C)(C)C)c5)c(-c5cc(C(C)(C)C)cc(C(C)(C)C)c5)c4-c4ccccc4)c3)c(-c3ccccc3)c2-c2cc(C(C)(C)C)cc(C(C)(C)C)c2)cc(C(C)(C)C)c1. The predicted octanol–water partition coefficient (Wildman–Crippen LogP) is 42.3. The molecule has 0 amide bonds. The molecular formula is C144H162. The van der Waals surface area contributed by atoms with Crippen LogP contribution in [0.25, 0.3) is 167 Å². The minimum absolute atomic E-state index is 0.214. The van der Waals surface area contributed by atoms with Gasteiger partial charge in [-0.25, -0.2) is 0 Å². The zero-order chi connectivity index (χ0) is 104. The summed E-state index contributed by atoms with van der Waals surface area (Å²) in [5.74, 6) is 0. The molecule has 144 heavy (non-hydrogen) atoms. The number of hydrogen-bond acceptors (Lipinski definition) is 0. The molecule has 0 atom stereocenters. The van der Waals surface area contributed by atoms with Crippen molar-refractivity contribution in [3.8, 4) is 167 Å². The van der Waals surface area contributed by atoms with Crippen LogP contribution < -0.4 is 0 Å². The van der Waals surface area contributed by atoms with Crippen LogP contribution in [-0.4, -0.2) is 0 Å². The summed E-state index contributed by atoms with van der Waals surface area (Å²) in [5.41, 5.74) is 47.5. The Morgan fingerprint density at radius 1 is 0.0903 bits per heavy atom. The Morgan fingerprint density at radius 2 is 0.201 bits per heavy atom. The van der Waals surface area contributed by atoms with Crippen LogP contribution in [0.1, 0.15) is 316 Å². The molecule has 0 aliphatic rings. The van der Waals surface area contributed by atoms with E-state index in [4.69, 9.17) is 0 Å². The highest BCUT2D eigenvalue weighted by molar-refractivity contribution is 6.14. The molecule has 0 fully saturated rings. The van der Waals surface area contributed by atoms with Gasteiger partial charge in [-0.1, -0.05) is 540 Å². The molecule has 0 nitrogen and oxygen atoms in total. The minimum atomic E-state index is -0.246. The third-order valence-corrected chi connectivity index (χ3v) is 30.0. The highest BCUT2D eigenvalue weighted by atomic mass is 14.4. The zero-order valence-corrected chi connectivity index (χ0v) is 94.2. The second-order valence-corrected chi connectivity index (χ2v) is 54.1. The second kappa shape index (κ2) is 38.2. The fourth-order valence-corrected chi connectivity index (χ4v) is 20.7. The quantitative estimate of drug-likeness (QED) is 0.0960. The maximum Gasteiger partial charge on any atom is -0.00141 e. The van der Waals surface area contributed by atoms with E-state index in [9.17, 15) is 0 Å². The highest BCUT2D eigenvalue weighted by Gasteiger charge is 2.38. The number of rotatable bonds is 15. The van der Waals surface area contributed by atoms with Gasteiger partial charge >= 0.3 is 0 Å². The van der Waals surface area contributed by atoms with Gasteiger partial charge in [0.1, 0.15) is 0 Å². The fourth-order valence-electron chi connectivity index (χ4n) is 20.7. The van der Waals surface area contributed by atoms with E-state index in [0.29, 0.717) is 0 Å². The third kappa shape index (κ3) is 22.0. The van der Waals surface area contributed by atoms with Gasteiger partial charge in [0.05, 0.1) is 0 Å². The van der Waals surface area contributed by atoms with E-state index in [1.54, 1.807) is 0 Å². The minimum Gasteiger partial charge on any atom is -0.0622 e.